The highest BCUT2D eigenvalue weighted by Crippen LogP contribution is 2.45. The molecule has 0 radical (unpaired) electrons. The summed E-state index contributed by atoms with van der Waals surface area (Å²) in [4.78, 5) is 73.0. The zero-order valence-electron chi connectivity index (χ0n) is 66.4. The summed E-state index contributed by atoms with van der Waals surface area (Å²) in [5, 5.41) is 10.6. The number of aliphatic hydroxyl groups is 1. The van der Waals surface area contributed by atoms with Gasteiger partial charge in [-0.3, -0.25) is 37.3 Å². The Kier molecular flexibility index (Phi) is 70.9. The van der Waals surface area contributed by atoms with Gasteiger partial charge in [0.05, 0.1) is 26.4 Å². The zero-order valence-corrected chi connectivity index (χ0v) is 68.2. The maximum Gasteiger partial charge on any atom is 0.472 e. The number of aliphatic hydroxyl groups excluding tert-OH is 1. The van der Waals surface area contributed by atoms with E-state index in [1.165, 1.54) is 231 Å². The lowest BCUT2D eigenvalue weighted by molar-refractivity contribution is -0.161. The SMILES string of the molecule is CCCCCCCCCCCCCCCCCC(=O)OC[C@H](COP(=O)(O)OC[C@@H](O)COP(=O)(O)OC[C@@H](COC(=O)CCCCCCCCC(C)CC)OC(=O)CCCCCCCCCCCCC(C)CC)OC(=O)CCCCCCCCCCCCCCCCCCCCC(C)CC. The lowest BCUT2D eigenvalue weighted by Gasteiger charge is -2.21. The molecule has 0 saturated heterocycles. The molecule has 0 aromatic carbocycles. The van der Waals surface area contributed by atoms with Crippen LogP contribution in [0.3, 0.4) is 0 Å². The summed E-state index contributed by atoms with van der Waals surface area (Å²) in [7, 11) is -9.92. The Hall–Kier alpha value is -1.94. The van der Waals surface area contributed by atoms with Crippen LogP contribution in [0.25, 0.3) is 0 Å². The van der Waals surface area contributed by atoms with Gasteiger partial charge in [0.1, 0.15) is 19.3 Å². The quantitative estimate of drug-likeness (QED) is 0.0222. The van der Waals surface area contributed by atoms with E-state index in [0.29, 0.717) is 25.7 Å². The Balaban J connectivity index is 5.22. The van der Waals surface area contributed by atoms with Gasteiger partial charge in [0.25, 0.3) is 0 Å². The van der Waals surface area contributed by atoms with E-state index in [0.717, 1.165) is 114 Å². The number of carbonyl (C=O) groups is 4. The Morgan fingerprint density at radius 1 is 0.277 bits per heavy atom. The van der Waals surface area contributed by atoms with Gasteiger partial charge in [-0.15, -0.1) is 0 Å². The highest BCUT2D eigenvalue weighted by Gasteiger charge is 2.30. The molecule has 0 aromatic rings. The highest BCUT2D eigenvalue weighted by atomic mass is 31.2. The summed E-state index contributed by atoms with van der Waals surface area (Å²) in [6.45, 7) is 12.0. The maximum atomic E-state index is 13.1. The molecule has 0 aromatic heterocycles. The molecule has 0 saturated carbocycles. The van der Waals surface area contributed by atoms with Gasteiger partial charge in [0.15, 0.2) is 12.2 Å². The molecular weight excluding hydrogens is 1320 g/mol. The number of phosphoric ester groups is 2. The molecule has 0 fully saturated rings. The predicted octanol–water partition coefficient (Wildman–Crippen LogP) is 24.5. The molecule has 101 heavy (non-hydrogen) atoms. The average Bonchev–Trinajstić information content (AvgIpc) is 0.947. The van der Waals surface area contributed by atoms with Crippen molar-refractivity contribution in [3.63, 3.8) is 0 Å². The predicted molar refractivity (Wildman–Crippen MR) is 414 cm³/mol. The number of unbranched alkanes of at least 4 members (excludes halogenated alkanes) is 45. The largest absolute Gasteiger partial charge is 0.472 e. The van der Waals surface area contributed by atoms with Gasteiger partial charge < -0.3 is 33.8 Å². The second kappa shape index (κ2) is 72.3. The first-order valence-corrected chi connectivity index (χ1v) is 45.5. The van der Waals surface area contributed by atoms with Crippen molar-refractivity contribution in [2.45, 2.75) is 446 Å². The lowest BCUT2D eigenvalue weighted by Crippen LogP contribution is -2.30. The van der Waals surface area contributed by atoms with E-state index in [2.05, 4.69) is 48.5 Å². The van der Waals surface area contributed by atoms with E-state index < -0.39 is 97.5 Å². The standard InChI is InChI=1S/C82H160O17P2/c1-8-12-13-14-15-16-17-18-23-27-30-36-41-49-56-63-79(84)92-69-77(98-81(86)65-58-51-42-37-31-28-25-22-20-19-21-24-26-29-34-39-46-53-60-73(5)9-2)71-96-100(88,89)94-67-76(83)68-95-101(90,91)97-72-78(70-93-80(85)64-57-50-45-44-48-55-62-75(7)11-4)99-82(87)66-59-52-43-38-33-32-35-40-47-54-61-74(6)10-3/h73-78,83H,8-72H2,1-7H3,(H,88,89)(H,90,91)/t73?,74?,75?,76-,77-,78-/m1/s1. The van der Waals surface area contributed by atoms with Crippen LogP contribution < -0.4 is 0 Å². The summed E-state index contributed by atoms with van der Waals surface area (Å²) in [5.41, 5.74) is 0. The van der Waals surface area contributed by atoms with Crippen molar-refractivity contribution < 1.29 is 80.2 Å². The highest BCUT2D eigenvalue weighted by molar-refractivity contribution is 7.47. The lowest BCUT2D eigenvalue weighted by atomic mass is 9.99. The normalized spacial score (nSPS) is 14.8. The Morgan fingerprint density at radius 3 is 0.703 bits per heavy atom. The van der Waals surface area contributed by atoms with E-state index in [-0.39, 0.29) is 25.7 Å². The molecule has 17 nitrogen and oxygen atoms in total. The first kappa shape index (κ1) is 99.1. The van der Waals surface area contributed by atoms with Gasteiger partial charge in [-0.05, 0) is 43.4 Å². The summed E-state index contributed by atoms with van der Waals surface area (Å²) in [5.74, 6) is 0.294. The van der Waals surface area contributed by atoms with Gasteiger partial charge in [-0.25, -0.2) is 9.13 Å². The fraction of sp³-hybridized carbons (Fsp3) is 0.951. The van der Waals surface area contributed by atoms with Crippen molar-refractivity contribution in [2.24, 2.45) is 17.8 Å². The van der Waals surface area contributed by atoms with E-state index in [4.69, 9.17) is 37.0 Å². The van der Waals surface area contributed by atoms with Crippen molar-refractivity contribution >= 4 is 39.5 Å². The number of esters is 4. The molecule has 0 spiro atoms. The van der Waals surface area contributed by atoms with Crippen LogP contribution in [0.1, 0.15) is 427 Å². The molecule has 5 unspecified atom stereocenters. The molecule has 0 rings (SSSR count). The van der Waals surface area contributed by atoms with Crippen LogP contribution in [-0.2, 0) is 65.4 Å². The Bertz CT molecular complexity index is 1960. The van der Waals surface area contributed by atoms with E-state index in [9.17, 15) is 43.2 Å². The molecular formula is C82H160O17P2. The second-order valence-electron chi connectivity index (χ2n) is 30.2. The number of hydrogen-bond donors (Lipinski definition) is 3. The molecule has 0 aliphatic rings. The fourth-order valence-electron chi connectivity index (χ4n) is 12.6. The molecule has 0 aliphatic carbocycles. The van der Waals surface area contributed by atoms with Crippen LogP contribution >= 0.6 is 15.6 Å². The fourth-order valence-corrected chi connectivity index (χ4v) is 14.1. The first-order valence-electron chi connectivity index (χ1n) is 42.5. The number of phosphoric acid groups is 2. The minimum atomic E-state index is -4.96. The van der Waals surface area contributed by atoms with Crippen LogP contribution in [0.5, 0.6) is 0 Å². The molecule has 0 bridgehead atoms. The Labute approximate surface area is 619 Å². The number of hydrogen-bond acceptors (Lipinski definition) is 15. The molecule has 8 atom stereocenters. The van der Waals surface area contributed by atoms with E-state index in [1.54, 1.807) is 0 Å². The molecule has 19 heteroatoms. The van der Waals surface area contributed by atoms with E-state index in [1.807, 2.05) is 0 Å². The summed E-state index contributed by atoms with van der Waals surface area (Å²) in [6.07, 6.45) is 61.0. The van der Waals surface area contributed by atoms with Crippen molar-refractivity contribution in [3.05, 3.63) is 0 Å². The molecule has 600 valence electrons. The second-order valence-corrected chi connectivity index (χ2v) is 33.1. The number of ether oxygens (including phenoxy) is 4. The molecule has 3 N–H and O–H groups in total. The summed E-state index contributed by atoms with van der Waals surface area (Å²) >= 11 is 0. The van der Waals surface area contributed by atoms with Crippen molar-refractivity contribution in [2.75, 3.05) is 39.6 Å². The third kappa shape index (κ3) is 72.1. The van der Waals surface area contributed by atoms with Gasteiger partial charge >= 0.3 is 39.5 Å². The van der Waals surface area contributed by atoms with Crippen LogP contribution in [-0.4, -0.2) is 96.7 Å². The van der Waals surface area contributed by atoms with Gasteiger partial charge in [-0.1, -0.05) is 376 Å². The Morgan fingerprint density at radius 2 is 0.475 bits per heavy atom. The average molecular weight is 1480 g/mol. The number of carbonyl (C=O) groups excluding carboxylic acids is 4. The first-order chi connectivity index (χ1) is 48.8. The zero-order chi connectivity index (χ0) is 74.4. The topological polar surface area (TPSA) is 237 Å². The molecule has 0 heterocycles. The third-order valence-electron chi connectivity index (χ3n) is 20.2. The minimum Gasteiger partial charge on any atom is -0.462 e. The van der Waals surface area contributed by atoms with Gasteiger partial charge in [-0.2, -0.15) is 0 Å². The van der Waals surface area contributed by atoms with E-state index >= 15 is 0 Å². The van der Waals surface area contributed by atoms with Crippen LogP contribution in [0, 0.1) is 17.8 Å². The molecule has 0 aliphatic heterocycles. The summed E-state index contributed by atoms with van der Waals surface area (Å²) < 4.78 is 68.7. The van der Waals surface area contributed by atoms with Crippen molar-refractivity contribution in [3.8, 4) is 0 Å². The molecule has 0 amide bonds. The van der Waals surface area contributed by atoms with Crippen molar-refractivity contribution in [1.29, 1.82) is 0 Å². The van der Waals surface area contributed by atoms with Crippen LogP contribution in [0.15, 0.2) is 0 Å². The van der Waals surface area contributed by atoms with Crippen LogP contribution in [0.2, 0.25) is 0 Å². The minimum absolute atomic E-state index is 0.105. The smallest absolute Gasteiger partial charge is 0.462 e. The monoisotopic (exact) mass is 1480 g/mol. The summed E-state index contributed by atoms with van der Waals surface area (Å²) in [6, 6.07) is 0. The van der Waals surface area contributed by atoms with Crippen LogP contribution in [0.4, 0.5) is 0 Å². The maximum absolute atomic E-state index is 13.1. The van der Waals surface area contributed by atoms with Gasteiger partial charge in [0.2, 0.25) is 0 Å². The van der Waals surface area contributed by atoms with Gasteiger partial charge in [0, 0.05) is 25.7 Å². The number of rotatable bonds is 80. The van der Waals surface area contributed by atoms with Crippen molar-refractivity contribution in [1.82, 2.24) is 0 Å². The third-order valence-corrected chi connectivity index (χ3v) is 22.1.